The number of nitrogens with one attached hydrogen (secondary N) is 1. The molecule has 0 saturated heterocycles. The topological polar surface area (TPSA) is 55.1 Å². The van der Waals surface area contributed by atoms with E-state index in [0.717, 1.165) is 25.2 Å². The molecule has 0 spiro atoms. The van der Waals surface area contributed by atoms with Crippen molar-refractivity contribution in [2.75, 3.05) is 6.54 Å². The Hall–Kier alpha value is -0.570. The minimum absolute atomic E-state index is 0.00565. The van der Waals surface area contributed by atoms with Crippen LogP contribution in [0.2, 0.25) is 0 Å². The van der Waals surface area contributed by atoms with E-state index in [4.69, 9.17) is 5.73 Å². The summed E-state index contributed by atoms with van der Waals surface area (Å²) in [6.07, 6.45) is 6.98. The zero-order chi connectivity index (χ0) is 13.5. The number of nitrogens with two attached hydrogens (primary N) is 1. The molecule has 3 heteroatoms. The van der Waals surface area contributed by atoms with E-state index in [1.165, 1.54) is 19.3 Å². The molecule has 1 aliphatic carbocycles. The van der Waals surface area contributed by atoms with Gasteiger partial charge in [-0.05, 0) is 43.9 Å². The van der Waals surface area contributed by atoms with Crippen molar-refractivity contribution in [3.63, 3.8) is 0 Å². The third-order valence-corrected chi connectivity index (χ3v) is 4.18. The lowest BCUT2D eigenvalue weighted by atomic mass is 9.84. The minimum atomic E-state index is -0.00565. The first-order valence-corrected chi connectivity index (χ1v) is 7.57. The summed E-state index contributed by atoms with van der Waals surface area (Å²) in [6, 6.07) is 0.390. The molecule has 1 rings (SSSR count). The quantitative estimate of drug-likeness (QED) is 0.765. The lowest BCUT2D eigenvalue weighted by Crippen LogP contribution is -2.43. The van der Waals surface area contributed by atoms with Gasteiger partial charge in [-0.25, -0.2) is 0 Å². The van der Waals surface area contributed by atoms with Crippen LogP contribution >= 0.6 is 0 Å². The first kappa shape index (κ1) is 15.5. The normalized spacial score (nSPS) is 26.1. The summed E-state index contributed by atoms with van der Waals surface area (Å²) in [6.45, 7) is 7.01. The number of hydrogen-bond donors (Lipinski definition) is 2. The number of amides is 1. The third-order valence-electron chi connectivity index (χ3n) is 4.18. The Morgan fingerprint density at radius 2 is 1.89 bits per heavy atom. The van der Waals surface area contributed by atoms with Crippen LogP contribution in [0.15, 0.2) is 0 Å². The van der Waals surface area contributed by atoms with Crippen LogP contribution in [0.1, 0.15) is 59.3 Å². The second-order valence-electron chi connectivity index (χ2n) is 6.20. The van der Waals surface area contributed by atoms with Crippen molar-refractivity contribution in [3.8, 4) is 0 Å². The maximum absolute atomic E-state index is 12.1. The van der Waals surface area contributed by atoms with E-state index in [-0.39, 0.29) is 11.8 Å². The Morgan fingerprint density at radius 3 is 2.33 bits per heavy atom. The number of carbonyl (C=O) groups excluding carboxylic acids is 1. The Kier molecular flexibility index (Phi) is 6.69. The van der Waals surface area contributed by atoms with E-state index >= 15 is 0 Å². The fraction of sp³-hybridized carbons (Fsp3) is 0.933. The van der Waals surface area contributed by atoms with Crippen molar-refractivity contribution in [3.05, 3.63) is 0 Å². The van der Waals surface area contributed by atoms with Gasteiger partial charge in [0, 0.05) is 12.6 Å². The molecule has 18 heavy (non-hydrogen) atoms. The van der Waals surface area contributed by atoms with E-state index in [1.807, 2.05) is 0 Å². The van der Waals surface area contributed by atoms with Gasteiger partial charge >= 0.3 is 0 Å². The van der Waals surface area contributed by atoms with Crippen LogP contribution in [0.5, 0.6) is 0 Å². The van der Waals surface area contributed by atoms with Crippen LogP contribution in [-0.2, 0) is 4.79 Å². The van der Waals surface area contributed by atoms with Crippen LogP contribution in [0.4, 0.5) is 0 Å². The summed E-state index contributed by atoms with van der Waals surface area (Å²) in [7, 11) is 0. The van der Waals surface area contributed by atoms with Gasteiger partial charge in [-0.2, -0.15) is 0 Å². The molecule has 1 fully saturated rings. The van der Waals surface area contributed by atoms with Crippen molar-refractivity contribution in [1.82, 2.24) is 5.32 Å². The van der Waals surface area contributed by atoms with E-state index in [9.17, 15) is 4.79 Å². The van der Waals surface area contributed by atoms with Gasteiger partial charge in [0.2, 0.25) is 5.91 Å². The van der Waals surface area contributed by atoms with Gasteiger partial charge in [0.1, 0.15) is 0 Å². The molecule has 1 amide bonds. The third kappa shape index (κ3) is 4.97. The molecule has 0 bridgehead atoms. The average Bonchev–Trinajstić information content (AvgIpc) is 2.36. The van der Waals surface area contributed by atoms with E-state index in [2.05, 4.69) is 26.1 Å². The van der Waals surface area contributed by atoms with Gasteiger partial charge in [0.15, 0.2) is 0 Å². The summed E-state index contributed by atoms with van der Waals surface area (Å²) in [5, 5.41) is 3.20. The largest absolute Gasteiger partial charge is 0.353 e. The predicted molar refractivity (Wildman–Crippen MR) is 76.2 cm³/mol. The van der Waals surface area contributed by atoms with Crippen LogP contribution in [0, 0.1) is 17.8 Å². The van der Waals surface area contributed by atoms with E-state index in [0.29, 0.717) is 18.5 Å². The summed E-state index contributed by atoms with van der Waals surface area (Å²) in [5.74, 6) is 1.57. The van der Waals surface area contributed by atoms with Gasteiger partial charge in [0.05, 0.1) is 5.92 Å². The molecule has 0 aliphatic heterocycles. The monoisotopic (exact) mass is 254 g/mol. The zero-order valence-electron chi connectivity index (χ0n) is 12.2. The Labute approximate surface area is 112 Å². The van der Waals surface area contributed by atoms with Crippen LogP contribution in [-0.4, -0.2) is 18.5 Å². The lowest BCUT2D eigenvalue weighted by Gasteiger charge is -2.29. The van der Waals surface area contributed by atoms with Crippen LogP contribution in [0.25, 0.3) is 0 Å². The standard InChI is InChI=1S/C15H30N2O/c1-4-12-5-7-14(8-6-12)17-15(18)13(10-16)9-11(2)3/h11-14H,4-10,16H2,1-3H3,(H,17,18). The van der Waals surface area contributed by atoms with Crippen molar-refractivity contribution < 1.29 is 4.79 Å². The highest BCUT2D eigenvalue weighted by Crippen LogP contribution is 2.26. The van der Waals surface area contributed by atoms with E-state index < -0.39 is 0 Å². The average molecular weight is 254 g/mol. The minimum Gasteiger partial charge on any atom is -0.353 e. The molecule has 0 aromatic rings. The smallest absolute Gasteiger partial charge is 0.224 e. The first-order valence-electron chi connectivity index (χ1n) is 7.57. The van der Waals surface area contributed by atoms with Gasteiger partial charge < -0.3 is 11.1 Å². The lowest BCUT2D eigenvalue weighted by molar-refractivity contribution is -0.126. The van der Waals surface area contributed by atoms with Crippen molar-refractivity contribution >= 4 is 5.91 Å². The van der Waals surface area contributed by atoms with Crippen LogP contribution in [0.3, 0.4) is 0 Å². The van der Waals surface area contributed by atoms with E-state index in [1.54, 1.807) is 0 Å². The number of hydrogen-bond acceptors (Lipinski definition) is 2. The summed E-state index contributed by atoms with van der Waals surface area (Å²) in [4.78, 5) is 12.1. The predicted octanol–water partition coefficient (Wildman–Crippen LogP) is 2.69. The number of carbonyl (C=O) groups is 1. The molecule has 1 atom stereocenters. The highest BCUT2D eigenvalue weighted by atomic mass is 16.1. The Bertz CT molecular complexity index is 245. The molecule has 1 aliphatic rings. The maximum atomic E-state index is 12.1. The number of rotatable bonds is 6. The molecule has 1 unspecified atom stereocenters. The van der Waals surface area contributed by atoms with Crippen molar-refractivity contribution in [2.45, 2.75) is 65.3 Å². The summed E-state index contributed by atoms with van der Waals surface area (Å²) >= 11 is 0. The summed E-state index contributed by atoms with van der Waals surface area (Å²) in [5.41, 5.74) is 5.71. The maximum Gasteiger partial charge on any atom is 0.224 e. The molecular formula is C15H30N2O. The highest BCUT2D eigenvalue weighted by Gasteiger charge is 2.24. The highest BCUT2D eigenvalue weighted by molar-refractivity contribution is 5.79. The molecule has 3 nitrogen and oxygen atoms in total. The molecule has 3 N–H and O–H groups in total. The fourth-order valence-electron chi connectivity index (χ4n) is 2.91. The molecule has 0 radical (unpaired) electrons. The first-order chi connectivity index (χ1) is 8.56. The van der Waals surface area contributed by atoms with Gasteiger partial charge in [-0.15, -0.1) is 0 Å². The second-order valence-corrected chi connectivity index (χ2v) is 6.20. The molecule has 0 heterocycles. The molecule has 0 aromatic carbocycles. The zero-order valence-corrected chi connectivity index (χ0v) is 12.2. The second kappa shape index (κ2) is 7.78. The Balaban J connectivity index is 2.35. The summed E-state index contributed by atoms with van der Waals surface area (Å²) < 4.78 is 0. The fourth-order valence-corrected chi connectivity index (χ4v) is 2.91. The molecule has 1 saturated carbocycles. The Morgan fingerprint density at radius 1 is 1.28 bits per heavy atom. The molecule has 0 aromatic heterocycles. The SMILES string of the molecule is CCC1CCC(NC(=O)C(CN)CC(C)C)CC1. The molecular weight excluding hydrogens is 224 g/mol. The van der Waals surface area contributed by atoms with Crippen LogP contribution < -0.4 is 11.1 Å². The van der Waals surface area contributed by atoms with Gasteiger partial charge in [-0.1, -0.05) is 27.2 Å². The van der Waals surface area contributed by atoms with Crippen molar-refractivity contribution in [2.24, 2.45) is 23.5 Å². The van der Waals surface area contributed by atoms with Crippen molar-refractivity contribution in [1.29, 1.82) is 0 Å². The van der Waals surface area contributed by atoms with Gasteiger partial charge in [-0.3, -0.25) is 4.79 Å². The molecule has 106 valence electrons. The van der Waals surface area contributed by atoms with Gasteiger partial charge in [0.25, 0.3) is 0 Å².